The number of anilines is 1. The second-order valence-electron chi connectivity index (χ2n) is 7.04. The number of fused-ring (bicyclic) bond motifs is 1. The number of hydrogen-bond donors (Lipinski definition) is 2. The predicted molar refractivity (Wildman–Crippen MR) is 119 cm³/mol. The maximum Gasteiger partial charge on any atom is 0.240 e. The topological polar surface area (TPSA) is 106 Å². The minimum atomic E-state index is -3.76. The van der Waals surface area contributed by atoms with Gasteiger partial charge in [-0.3, -0.25) is 4.79 Å². The second kappa shape index (κ2) is 8.85. The number of carbonyl (C=O) groups excluding carboxylic acids is 1. The molecule has 164 valence electrons. The number of amides is 1. The Morgan fingerprint density at radius 2 is 1.78 bits per heavy atom. The van der Waals surface area contributed by atoms with Crippen molar-refractivity contribution in [2.24, 2.45) is 0 Å². The molecule has 0 saturated carbocycles. The van der Waals surface area contributed by atoms with Crippen LogP contribution in [0.4, 0.5) is 10.1 Å². The van der Waals surface area contributed by atoms with Gasteiger partial charge in [-0.25, -0.2) is 27.5 Å². The van der Waals surface area contributed by atoms with Gasteiger partial charge in [-0.2, -0.15) is 0 Å². The molecular weight excluding hydrogens is 433 g/mol. The Bertz CT molecular complexity index is 1370. The highest BCUT2D eigenvalue weighted by atomic mass is 32.2. The highest BCUT2D eigenvalue weighted by molar-refractivity contribution is 7.89. The molecule has 32 heavy (non-hydrogen) atoms. The fourth-order valence-electron chi connectivity index (χ4n) is 3.29. The monoisotopic (exact) mass is 453 g/mol. The van der Waals surface area contributed by atoms with E-state index in [4.69, 9.17) is 0 Å². The molecule has 0 spiro atoms. The van der Waals surface area contributed by atoms with E-state index in [2.05, 4.69) is 20.0 Å². The zero-order chi connectivity index (χ0) is 22.7. The fourth-order valence-corrected chi connectivity index (χ4v) is 4.31. The Labute approximate surface area is 184 Å². The van der Waals surface area contributed by atoms with Gasteiger partial charge >= 0.3 is 0 Å². The summed E-state index contributed by atoms with van der Waals surface area (Å²) >= 11 is 0. The number of sulfonamides is 1. The molecule has 8 nitrogen and oxygen atoms in total. The molecular formula is C22H20FN5O3S. The molecule has 0 radical (unpaired) electrons. The molecule has 0 aliphatic heterocycles. The van der Waals surface area contributed by atoms with E-state index in [1.54, 1.807) is 29.0 Å². The number of rotatable bonds is 7. The first-order valence-electron chi connectivity index (χ1n) is 9.78. The molecule has 1 amide bonds. The summed E-state index contributed by atoms with van der Waals surface area (Å²) < 4.78 is 43.1. The Morgan fingerprint density at radius 1 is 1.06 bits per heavy atom. The molecule has 0 aliphatic carbocycles. The SMILES string of the molecule is CC(=O)Nc1ccc(S(=O)(=O)NCCn2c(-c3ccc(F)cc3)nc3cccnc32)cc1. The van der Waals surface area contributed by atoms with Gasteiger partial charge in [0.1, 0.15) is 17.2 Å². The van der Waals surface area contributed by atoms with Gasteiger partial charge in [0.15, 0.2) is 5.65 Å². The van der Waals surface area contributed by atoms with E-state index >= 15 is 0 Å². The van der Waals surface area contributed by atoms with Gasteiger partial charge in [0, 0.05) is 37.5 Å². The van der Waals surface area contributed by atoms with Crippen LogP contribution in [-0.2, 0) is 21.4 Å². The maximum atomic E-state index is 13.4. The molecule has 2 N–H and O–H groups in total. The van der Waals surface area contributed by atoms with Gasteiger partial charge in [0.2, 0.25) is 15.9 Å². The highest BCUT2D eigenvalue weighted by Crippen LogP contribution is 2.24. The summed E-state index contributed by atoms with van der Waals surface area (Å²) in [5.74, 6) is -0.0266. The first-order valence-corrected chi connectivity index (χ1v) is 11.3. The Kier molecular flexibility index (Phi) is 5.97. The smallest absolute Gasteiger partial charge is 0.240 e. The number of aromatic nitrogens is 3. The van der Waals surface area contributed by atoms with E-state index in [1.165, 1.54) is 43.3 Å². The summed E-state index contributed by atoms with van der Waals surface area (Å²) in [6, 6.07) is 15.4. The Hall–Kier alpha value is -3.63. The summed E-state index contributed by atoms with van der Waals surface area (Å²) in [4.78, 5) is 20.1. The molecule has 0 unspecified atom stereocenters. The molecule has 4 aromatic rings. The molecule has 2 aromatic heterocycles. The van der Waals surface area contributed by atoms with Crippen LogP contribution in [-0.4, -0.2) is 35.4 Å². The van der Waals surface area contributed by atoms with Gasteiger partial charge < -0.3 is 9.88 Å². The van der Waals surface area contributed by atoms with E-state index in [-0.39, 0.29) is 29.7 Å². The molecule has 0 atom stereocenters. The van der Waals surface area contributed by atoms with E-state index in [0.29, 0.717) is 28.2 Å². The summed E-state index contributed by atoms with van der Waals surface area (Å²) in [7, 11) is -3.76. The van der Waals surface area contributed by atoms with Crippen molar-refractivity contribution in [1.29, 1.82) is 0 Å². The normalized spacial score (nSPS) is 11.6. The van der Waals surface area contributed by atoms with Crippen molar-refractivity contribution < 1.29 is 17.6 Å². The molecule has 0 bridgehead atoms. The van der Waals surface area contributed by atoms with E-state index in [9.17, 15) is 17.6 Å². The van der Waals surface area contributed by atoms with Crippen molar-refractivity contribution in [2.45, 2.75) is 18.4 Å². The van der Waals surface area contributed by atoms with Crippen molar-refractivity contribution in [3.63, 3.8) is 0 Å². The van der Waals surface area contributed by atoms with Crippen LogP contribution in [0.1, 0.15) is 6.92 Å². The average molecular weight is 453 g/mol. The molecule has 0 fully saturated rings. The number of pyridine rings is 1. The van der Waals surface area contributed by atoms with Crippen LogP contribution in [0, 0.1) is 5.82 Å². The van der Waals surface area contributed by atoms with Crippen molar-refractivity contribution >= 4 is 32.8 Å². The number of imidazole rings is 1. The van der Waals surface area contributed by atoms with Gasteiger partial charge in [0.25, 0.3) is 0 Å². The third kappa shape index (κ3) is 4.66. The largest absolute Gasteiger partial charge is 0.326 e. The summed E-state index contributed by atoms with van der Waals surface area (Å²) in [5.41, 5.74) is 2.46. The Morgan fingerprint density at radius 3 is 2.47 bits per heavy atom. The lowest BCUT2D eigenvalue weighted by Crippen LogP contribution is -2.27. The Balaban J connectivity index is 1.54. The third-order valence-corrected chi connectivity index (χ3v) is 6.20. The van der Waals surface area contributed by atoms with Gasteiger partial charge in [0.05, 0.1) is 4.90 Å². The first-order chi connectivity index (χ1) is 15.3. The minimum absolute atomic E-state index is 0.0824. The number of nitrogens with zero attached hydrogens (tertiary/aromatic N) is 3. The number of nitrogens with one attached hydrogen (secondary N) is 2. The molecule has 10 heteroatoms. The van der Waals surface area contributed by atoms with Crippen LogP contribution >= 0.6 is 0 Å². The number of hydrogen-bond acceptors (Lipinski definition) is 5. The van der Waals surface area contributed by atoms with E-state index in [1.807, 2.05) is 6.07 Å². The lowest BCUT2D eigenvalue weighted by Gasteiger charge is -2.11. The third-order valence-electron chi connectivity index (χ3n) is 4.72. The van der Waals surface area contributed by atoms with Crippen LogP contribution in [0.25, 0.3) is 22.6 Å². The summed E-state index contributed by atoms with van der Waals surface area (Å²) in [5, 5.41) is 2.59. The summed E-state index contributed by atoms with van der Waals surface area (Å²) in [6.45, 7) is 1.73. The summed E-state index contributed by atoms with van der Waals surface area (Å²) in [6.07, 6.45) is 1.63. The molecule has 4 rings (SSSR count). The number of benzene rings is 2. The van der Waals surface area contributed by atoms with Crippen molar-refractivity contribution in [3.05, 3.63) is 72.7 Å². The number of halogens is 1. The molecule has 2 heterocycles. The van der Waals surface area contributed by atoms with Crippen LogP contribution < -0.4 is 10.0 Å². The molecule has 0 saturated heterocycles. The van der Waals surface area contributed by atoms with Crippen LogP contribution in [0.3, 0.4) is 0 Å². The zero-order valence-electron chi connectivity index (χ0n) is 17.1. The second-order valence-corrected chi connectivity index (χ2v) is 8.81. The number of carbonyl (C=O) groups is 1. The van der Waals surface area contributed by atoms with Gasteiger partial charge in [-0.1, -0.05) is 0 Å². The lowest BCUT2D eigenvalue weighted by atomic mass is 10.2. The van der Waals surface area contributed by atoms with E-state index < -0.39 is 10.0 Å². The quantitative estimate of drug-likeness (QED) is 0.447. The van der Waals surface area contributed by atoms with Gasteiger partial charge in [-0.05, 0) is 60.7 Å². The maximum absolute atomic E-state index is 13.4. The van der Waals surface area contributed by atoms with Crippen molar-refractivity contribution in [3.8, 4) is 11.4 Å². The van der Waals surface area contributed by atoms with Crippen LogP contribution in [0.15, 0.2) is 71.8 Å². The lowest BCUT2D eigenvalue weighted by molar-refractivity contribution is -0.114. The highest BCUT2D eigenvalue weighted by Gasteiger charge is 2.17. The van der Waals surface area contributed by atoms with Crippen molar-refractivity contribution in [1.82, 2.24) is 19.3 Å². The van der Waals surface area contributed by atoms with Crippen LogP contribution in [0.2, 0.25) is 0 Å². The van der Waals surface area contributed by atoms with Gasteiger partial charge in [-0.15, -0.1) is 0 Å². The fraction of sp³-hybridized carbons (Fsp3) is 0.136. The zero-order valence-corrected chi connectivity index (χ0v) is 17.9. The average Bonchev–Trinajstić information content (AvgIpc) is 3.13. The minimum Gasteiger partial charge on any atom is -0.326 e. The van der Waals surface area contributed by atoms with Crippen molar-refractivity contribution in [2.75, 3.05) is 11.9 Å². The molecule has 2 aromatic carbocycles. The van der Waals surface area contributed by atoms with E-state index in [0.717, 1.165) is 0 Å². The standard InChI is InChI=1S/C22H20FN5O3S/c1-15(29)26-18-8-10-19(11-9-18)32(30,31)25-13-14-28-21(16-4-6-17(23)7-5-16)27-20-3-2-12-24-22(20)28/h2-12,25H,13-14H2,1H3,(H,26,29). The first kappa shape index (κ1) is 21.6. The molecule has 0 aliphatic rings. The van der Waals surface area contributed by atoms with Crippen LogP contribution in [0.5, 0.6) is 0 Å². The predicted octanol–water partition coefficient (Wildman–Crippen LogP) is 3.17.